The van der Waals surface area contributed by atoms with Crippen LogP contribution in [0.4, 0.5) is 30.8 Å². The Bertz CT molecular complexity index is 691. The van der Waals surface area contributed by atoms with Crippen LogP contribution in [0.5, 0.6) is 0 Å². The van der Waals surface area contributed by atoms with Gasteiger partial charge in [-0.3, -0.25) is 4.68 Å². The van der Waals surface area contributed by atoms with E-state index in [9.17, 15) is 13.2 Å². The number of aryl methyl sites for hydroxylation is 1. The molecule has 2 aromatic heterocycles. The van der Waals surface area contributed by atoms with Gasteiger partial charge in [0.05, 0.1) is 17.5 Å². The summed E-state index contributed by atoms with van der Waals surface area (Å²) in [5, 5.41) is 6.43. The first-order valence-corrected chi connectivity index (χ1v) is 6.29. The van der Waals surface area contributed by atoms with Crippen molar-refractivity contribution >= 4 is 17.6 Å². The summed E-state index contributed by atoms with van der Waals surface area (Å²) in [6, 6.07) is 0. The van der Waals surface area contributed by atoms with Gasteiger partial charge in [-0.15, -0.1) is 0 Å². The van der Waals surface area contributed by atoms with E-state index in [-0.39, 0.29) is 23.0 Å². The highest BCUT2D eigenvalue weighted by Crippen LogP contribution is 2.42. The van der Waals surface area contributed by atoms with Crippen LogP contribution in [-0.2, 0) is 13.2 Å². The van der Waals surface area contributed by atoms with Crippen molar-refractivity contribution in [1.82, 2.24) is 19.7 Å². The van der Waals surface area contributed by atoms with Gasteiger partial charge >= 0.3 is 6.18 Å². The Morgan fingerprint density at radius 3 is 2.41 bits per heavy atom. The summed E-state index contributed by atoms with van der Waals surface area (Å²) in [5.74, 6) is -0.143. The molecule has 0 unspecified atom stereocenters. The molecule has 10 heteroatoms. The molecular formula is C12H16F3N7. The van der Waals surface area contributed by atoms with Crippen molar-refractivity contribution in [2.45, 2.75) is 6.18 Å². The van der Waals surface area contributed by atoms with Gasteiger partial charge in [-0.1, -0.05) is 0 Å². The maximum atomic E-state index is 13.5. The van der Waals surface area contributed by atoms with Crippen LogP contribution in [0.2, 0.25) is 0 Å². The van der Waals surface area contributed by atoms with E-state index in [1.54, 1.807) is 26.0 Å². The molecule has 22 heavy (non-hydrogen) atoms. The number of nitrogens with two attached hydrogens (primary N) is 1. The summed E-state index contributed by atoms with van der Waals surface area (Å²) in [5.41, 5.74) is 4.50. The monoisotopic (exact) mass is 315 g/mol. The molecule has 0 aromatic carbocycles. The number of alkyl halides is 3. The number of nitrogens with one attached hydrogen (secondary N) is 1. The first kappa shape index (κ1) is 15.9. The van der Waals surface area contributed by atoms with Crippen LogP contribution in [0, 0.1) is 0 Å². The van der Waals surface area contributed by atoms with Crippen LogP contribution < -0.4 is 16.0 Å². The zero-order chi connectivity index (χ0) is 16.7. The van der Waals surface area contributed by atoms with Crippen molar-refractivity contribution in [3.05, 3.63) is 11.8 Å². The van der Waals surface area contributed by atoms with Crippen molar-refractivity contribution < 1.29 is 13.2 Å². The number of nitrogens with zero attached hydrogens (tertiary/aromatic N) is 5. The minimum atomic E-state index is -4.64. The standard InChI is InChI=1S/C12H16F3N7/c1-17-9-7(12(13,14)15)8(19-11(16)20-9)6-5-18-22(4)10(6)21(2)3/h5H,1-4H3,(H3,16,17,19,20). The Labute approximate surface area is 125 Å². The second-order valence-corrected chi connectivity index (χ2v) is 4.80. The molecule has 2 heterocycles. The van der Waals surface area contributed by atoms with Gasteiger partial charge in [-0.25, -0.2) is 4.98 Å². The van der Waals surface area contributed by atoms with Crippen LogP contribution in [0.3, 0.4) is 0 Å². The quantitative estimate of drug-likeness (QED) is 0.894. The van der Waals surface area contributed by atoms with E-state index in [2.05, 4.69) is 20.4 Å². The molecule has 0 aliphatic heterocycles. The third-order valence-corrected chi connectivity index (χ3v) is 3.03. The number of rotatable bonds is 3. The second-order valence-electron chi connectivity index (χ2n) is 4.80. The van der Waals surface area contributed by atoms with Crippen molar-refractivity contribution in [2.75, 3.05) is 37.1 Å². The molecule has 3 N–H and O–H groups in total. The lowest BCUT2D eigenvalue weighted by atomic mass is 10.1. The fourth-order valence-electron chi connectivity index (χ4n) is 2.25. The van der Waals surface area contributed by atoms with Gasteiger partial charge in [-0.05, 0) is 0 Å². The molecule has 0 radical (unpaired) electrons. The molecule has 2 rings (SSSR count). The second kappa shape index (κ2) is 5.35. The molecule has 0 fully saturated rings. The third kappa shape index (κ3) is 2.63. The molecule has 0 saturated carbocycles. The largest absolute Gasteiger partial charge is 0.422 e. The predicted molar refractivity (Wildman–Crippen MR) is 77.5 cm³/mol. The van der Waals surface area contributed by atoms with Crippen molar-refractivity contribution in [3.63, 3.8) is 0 Å². The zero-order valence-electron chi connectivity index (χ0n) is 12.5. The van der Waals surface area contributed by atoms with E-state index in [1.807, 2.05) is 0 Å². The maximum absolute atomic E-state index is 13.5. The summed E-state index contributed by atoms with van der Waals surface area (Å²) in [6.07, 6.45) is -3.31. The lowest BCUT2D eigenvalue weighted by Gasteiger charge is -2.19. The summed E-state index contributed by atoms with van der Waals surface area (Å²) in [6.45, 7) is 0. The molecule has 0 atom stereocenters. The minimum absolute atomic E-state index is 0.227. The summed E-state index contributed by atoms with van der Waals surface area (Å²) in [4.78, 5) is 9.07. The van der Waals surface area contributed by atoms with Crippen LogP contribution in [0.1, 0.15) is 5.56 Å². The third-order valence-electron chi connectivity index (χ3n) is 3.03. The summed E-state index contributed by atoms with van der Waals surface area (Å²) >= 11 is 0. The smallest absolute Gasteiger partial charge is 0.372 e. The van der Waals surface area contributed by atoms with Gasteiger partial charge in [0, 0.05) is 28.2 Å². The van der Waals surface area contributed by atoms with Gasteiger partial charge < -0.3 is 16.0 Å². The van der Waals surface area contributed by atoms with E-state index in [4.69, 9.17) is 5.73 Å². The molecule has 0 spiro atoms. The molecule has 0 amide bonds. The average Bonchev–Trinajstić information content (AvgIpc) is 2.78. The first-order chi connectivity index (χ1) is 10.2. The Balaban J connectivity index is 2.83. The van der Waals surface area contributed by atoms with E-state index in [1.165, 1.54) is 17.9 Å². The molecular weight excluding hydrogens is 299 g/mol. The number of hydrogen-bond donors (Lipinski definition) is 2. The van der Waals surface area contributed by atoms with E-state index in [0.29, 0.717) is 5.82 Å². The Morgan fingerprint density at radius 2 is 1.91 bits per heavy atom. The Hall–Kier alpha value is -2.52. The number of aromatic nitrogens is 4. The van der Waals surface area contributed by atoms with Gasteiger partial charge in [0.2, 0.25) is 5.95 Å². The normalized spacial score (nSPS) is 11.6. The lowest BCUT2D eigenvalue weighted by molar-refractivity contribution is -0.136. The highest BCUT2D eigenvalue weighted by Gasteiger charge is 2.40. The van der Waals surface area contributed by atoms with Gasteiger partial charge in [-0.2, -0.15) is 23.3 Å². The van der Waals surface area contributed by atoms with E-state index < -0.39 is 11.7 Å². The Kier molecular flexibility index (Phi) is 3.86. The number of anilines is 3. The molecule has 0 saturated heterocycles. The first-order valence-electron chi connectivity index (χ1n) is 6.29. The number of hydrogen-bond acceptors (Lipinski definition) is 6. The molecule has 0 aliphatic carbocycles. The van der Waals surface area contributed by atoms with Crippen LogP contribution in [-0.4, -0.2) is 40.9 Å². The summed E-state index contributed by atoms with van der Waals surface area (Å²) in [7, 11) is 6.39. The molecule has 0 bridgehead atoms. The predicted octanol–water partition coefficient (Wildman–Crippen LogP) is 1.59. The Morgan fingerprint density at radius 1 is 1.27 bits per heavy atom. The van der Waals surface area contributed by atoms with Crippen molar-refractivity contribution in [2.24, 2.45) is 7.05 Å². The van der Waals surface area contributed by atoms with Crippen molar-refractivity contribution in [3.8, 4) is 11.3 Å². The van der Waals surface area contributed by atoms with E-state index >= 15 is 0 Å². The van der Waals surface area contributed by atoms with Crippen molar-refractivity contribution in [1.29, 1.82) is 0 Å². The minimum Gasteiger partial charge on any atom is -0.372 e. The van der Waals surface area contributed by atoms with Crippen LogP contribution in [0.15, 0.2) is 6.20 Å². The lowest BCUT2D eigenvalue weighted by Crippen LogP contribution is -2.18. The van der Waals surface area contributed by atoms with E-state index in [0.717, 1.165) is 0 Å². The summed E-state index contributed by atoms with van der Waals surface area (Å²) < 4.78 is 41.8. The average molecular weight is 315 g/mol. The van der Waals surface area contributed by atoms with Gasteiger partial charge in [0.25, 0.3) is 0 Å². The van der Waals surface area contributed by atoms with Crippen LogP contribution in [0.25, 0.3) is 11.3 Å². The molecule has 2 aromatic rings. The van der Waals surface area contributed by atoms with Gasteiger partial charge in [0.15, 0.2) is 0 Å². The number of halogens is 3. The topological polar surface area (TPSA) is 84.9 Å². The molecule has 0 aliphatic rings. The highest BCUT2D eigenvalue weighted by atomic mass is 19.4. The number of nitrogen functional groups attached to an aromatic ring is 1. The fourth-order valence-corrected chi connectivity index (χ4v) is 2.25. The van der Waals surface area contributed by atoms with Crippen LogP contribution >= 0.6 is 0 Å². The fraction of sp³-hybridized carbons (Fsp3) is 0.417. The maximum Gasteiger partial charge on any atom is 0.422 e. The van der Waals surface area contributed by atoms with Gasteiger partial charge in [0.1, 0.15) is 17.2 Å². The zero-order valence-corrected chi connectivity index (χ0v) is 12.5. The molecule has 7 nitrogen and oxygen atoms in total. The SMILES string of the molecule is CNc1nc(N)nc(-c2cnn(C)c2N(C)C)c1C(F)(F)F. The molecule has 120 valence electrons. The highest BCUT2D eigenvalue weighted by molar-refractivity contribution is 5.79.